The van der Waals surface area contributed by atoms with E-state index in [2.05, 4.69) is 227 Å². The number of unbranched alkanes of at least 4 members (excludes halogenated alkanes) is 70. The molecule has 0 saturated heterocycles. The average Bonchev–Trinajstić information content (AvgIpc) is 0.812. The second-order valence-corrected chi connectivity index (χ2v) is 40.7. The molecule has 2 aromatic carbocycles. The van der Waals surface area contributed by atoms with Crippen LogP contribution >= 0.6 is 0 Å². The topological polar surface area (TPSA) is 22.0 Å². The first kappa shape index (κ1) is 113. The Morgan fingerprint density at radius 2 is 0.292 bits per heavy atom. The van der Waals surface area contributed by atoms with Gasteiger partial charge in [0.2, 0.25) is 0 Å². The minimum atomic E-state index is 1.09. The highest BCUT2D eigenvalue weighted by Gasteiger charge is 2.14. The average molecular weight is 1780 g/mol. The van der Waals surface area contributed by atoms with E-state index in [4.69, 9.17) is 0 Å². The van der Waals surface area contributed by atoms with E-state index in [1.165, 1.54) is 559 Å². The SMILES string of the molecule is CCCCCCCCCCCCCCCCCCN(CCCCCCCCCCCCCCCCCC)c1ccc(/C=C/c2cc[n+](CCCCCCCC[n+]3ccc(-c4cc[n+](CCCCCCCC[n+]5ccc(/C=C/c6ccc(N(CCCCCCCCCCCCCCCCCC)CCCCCCCCCCCCCCCCCC)cc6)cc5)cc4)cc3)cc2)cc1. The molecule has 6 heteroatoms. The first-order chi connectivity index (χ1) is 64.5. The Bertz CT molecular complexity index is 3140. The molecule has 0 amide bonds. The third kappa shape index (κ3) is 61.9. The predicted molar refractivity (Wildman–Crippen MR) is 574 cm³/mol. The molecule has 0 aliphatic heterocycles. The molecule has 0 N–H and O–H groups in total. The van der Waals surface area contributed by atoms with Gasteiger partial charge < -0.3 is 9.80 Å². The maximum absolute atomic E-state index is 2.72. The number of hydrogen-bond acceptors (Lipinski definition) is 2. The second-order valence-electron chi connectivity index (χ2n) is 40.7. The number of hydrogen-bond donors (Lipinski definition) is 0. The van der Waals surface area contributed by atoms with E-state index in [0.717, 1.165) is 26.2 Å². The summed E-state index contributed by atoms with van der Waals surface area (Å²) in [6.07, 6.45) is 134. The van der Waals surface area contributed by atoms with Crippen LogP contribution in [0.15, 0.2) is 147 Å². The van der Waals surface area contributed by atoms with Crippen LogP contribution in [0.2, 0.25) is 0 Å². The fraction of sp³-hybridized carbons (Fsp3) is 0.710. The number of pyridine rings is 4. The zero-order valence-electron chi connectivity index (χ0n) is 86.2. The summed E-state index contributed by atoms with van der Waals surface area (Å²) < 4.78 is 9.50. The minimum absolute atomic E-state index is 1.09. The predicted octanol–water partition coefficient (Wildman–Crippen LogP) is 37.6. The first-order valence-electron chi connectivity index (χ1n) is 57.6. The van der Waals surface area contributed by atoms with Crippen LogP contribution < -0.4 is 28.1 Å². The summed E-state index contributed by atoms with van der Waals surface area (Å²) in [6, 6.07) is 37.4. The Hall–Kier alpha value is -5.88. The molecule has 0 bridgehead atoms. The third-order valence-corrected chi connectivity index (χ3v) is 28.7. The van der Waals surface area contributed by atoms with Gasteiger partial charge in [-0.1, -0.05) is 487 Å². The molecule has 6 rings (SSSR count). The van der Waals surface area contributed by atoms with E-state index in [9.17, 15) is 0 Å². The van der Waals surface area contributed by atoms with E-state index < -0.39 is 0 Å². The number of aromatic nitrogens is 4. The summed E-state index contributed by atoms with van der Waals surface area (Å²) in [4.78, 5) is 5.44. The molecule has 0 aliphatic carbocycles. The van der Waals surface area contributed by atoms with Crippen LogP contribution in [0.25, 0.3) is 35.4 Å². The van der Waals surface area contributed by atoms with Gasteiger partial charge in [-0.15, -0.1) is 0 Å². The lowest BCUT2D eigenvalue weighted by Gasteiger charge is -2.25. The van der Waals surface area contributed by atoms with Gasteiger partial charge in [-0.25, -0.2) is 18.3 Å². The lowest BCUT2D eigenvalue weighted by atomic mass is 10.0. The zero-order chi connectivity index (χ0) is 91.3. The van der Waals surface area contributed by atoms with Crippen molar-refractivity contribution in [2.45, 2.75) is 542 Å². The van der Waals surface area contributed by atoms with Crippen LogP contribution in [0.5, 0.6) is 0 Å². The molecule has 0 saturated carbocycles. The van der Waals surface area contributed by atoms with Crippen molar-refractivity contribution in [2.24, 2.45) is 0 Å². The van der Waals surface area contributed by atoms with Gasteiger partial charge in [0.05, 0.1) is 0 Å². The van der Waals surface area contributed by atoms with Gasteiger partial charge in [-0.05, 0) is 109 Å². The van der Waals surface area contributed by atoms with Gasteiger partial charge in [0, 0.05) is 112 Å². The van der Waals surface area contributed by atoms with E-state index in [1.807, 2.05) is 0 Å². The molecule has 0 atom stereocenters. The first-order valence-corrected chi connectivity index (χ1v) is 57.6. The van der Waals surface area contributed by atoms with Crippen molar-refractivity contribution in [1.29, 1.82) is 0 Å². The molecule has 6 nitrogen and oxygen atoms in total. The van der Waals surface area contributed by atoms with Crippen LogP contribution in [0.3, 0.4) is 0 Å². The summed E-state index contributed by atoms with van der Waals surface area (Å²) in [7, 11) is 0. The number of nitrogens with zero attached hydrogens (tertiary/aromatic N) is 6. The molecule has 0 aliphatic rings. The molecule has 4 heterocycles. The molecule has 730 valence electrons. The van der Waals surface area contributed by atoms with E-state index in [1.54, 1.807) is 0 Å². The van der Waals surface area contributed by atoms with Crippen molar-refractivity contribution in [3.8, 4) is 11.1 Å². The van der Waals surface area contributed by atoms with Crippen molar-refractivity contribution in [3.63, 3.8) is 0 Å². The zero-order valence-corrected chi connectivity index (χ0v) is 86.2. The summed E-state index contributed by atoms with van der Waals surface area (Å²) in [5, 5.41) is 0. The molecular formula is C124H208N6+4. The summed E-state index contributed by atoms with van der Waals surface area (Å²) in [6.45, 7) is 18.4. The van der Waals surface area contributed by atoms with Crippen LogP contribution in [0.1, 0.15) is 538 Å². The third-order valence-electron chi connectivity index (χ3n) is 28.7. The molecule has 0 fully saturated rings. The van der Waals surface area contributed by atoms with E-state index in [-0.39, 0.29) is 0 Å². The van der Waals surface area contributed by atoms with Crippen LogP contribution in [-0.2, 0) is 26.2 Å². The van der Waals surface area contributed by atoms with Crippen LogP contribution in [0, 0.1) is 0 Å². The number of rotatable bonds is 93. The quantitative estimate of drug-likeness (QED) is 0.0280. The van der Waals surface area contributed by atoms with E-state index >= 15 is 0 Å². The monoisotopic (exact) mass is 1780 g/mol. The van der Waals surface area contributed by atoms with Gasteiger partial charge in [0.1, 0.15) is 26.2 Å². The minimum Gasteiger partial charge on any atom is -0.372 e. The largest absolute Gasteiger partial charge is 0.372 e. The Labute approximate surface area is 806 Å². The molecule has 130 heavy (non-hydrogen) atoms. The highest BCUT2D eigenvalue weighted by molar-refractivity contribution is 5.71. The summed E-state index contributed by atoms with van der Waals surface area (Å²) in [5.74, 6) is 0. The highest BCUT2D eigenvalue weighted by Crippen LogP contribution is 2.27. The maximum Gasteiger partial charge on any atom is 0.169 e. The van der Waals surface area contributed by atoms with Gasteiger partial charge in [-0.2, -0.15) is 0 Å². The molecule has 0 unspecified atom stereocenters. The lowest BCUT2D eigenvalue weighted by molar-refractivity contribution is -0.697. The number of anilines is 2. The Morgan fingerprint density at radius 1 is 0.154 bits per heavy atom. The summed E-state index contributed by atoms with van der Waals surface area (Å²) >= 11 is 0. The van der Waals surface area contributed by atoms with Crippen molar-refractivity contribution in [2.75, 3.05) is 36.0 Å². The van der Waals surface area contributed by atoms with Crippen molar-refractivity contribution in [3.05, 3.63) is 169 Å². The lowest BCUT2D eigenvalue weighted by Crippen LogP contribution is -2.33. The van der Waals surface area contributed by atoms with Crippen LogP contribution in [0.4, 0.5) is 11.4 Å². The molecule has 0 spiro atoms. The molecule has 0 radical (unpaired) electrons. The second kappa shape index (κ2) is 83.7. The molecular weight excluding hydrogens is 1570 g/mol. The standard InChI is InChI=1S/C124H208N6/c1-5-9-13-17-21-25-29-33-37-41-45-49-53-57-69-77-105-129(106-78-70-58-54-50-46-42-38-34-30-26-22-18-14-10-6-2)123-89-85-117(86-90-123)81-83-119-93-109-125(110-94-119)101-73-65-61-63-67-75-103-127-113-97-121(98-114-127)122-99-115-128(116-100-122)104-76-68-64-62-66-74-102-126-111-95-120(96-112-126)84-82-118-87-91-124(92-88-118)130(107-79-71-59-55-51-47-43-39-35-31-27-23-19-15-11-7-3)108-80-72-60-56-52-48-44-40-36-32-28-24-20-16-12-8-4/h81-100,109-116H,5-80,101-108H2,1-4H3/q+4. The maximum atomic E-state index is 2.72. The van der Waals surface area contributed by atoms with Crippen LogP contribution in [-0.4, -0.2) is 26.2 Å². The number of aryl methyl sites for hydroxylation is 4. The van der Waals surface area contributed by atoms with Crippen molar-refractivity contribution < 1.29 is 18.3 Å². The fourth-order valence-electron chi connectivity index (χ4n) is 19.8. The van der Waals surface area contributed by atoms with Gasteiger partial charge in [0.25, 0.3) is 0 Å². The highest BCUT2D eigenvalue weighted by atomic mass is 15.1. The molecule has 6 aromatic rings. The Balaban J connectivity index is 0.777. The normalized spacial score (nSPS) is 11.8. The molecule has 4 aromatic heterocycles. The van der Waals surface area contributed by atoms with Gasteiger partial charge in [-0.3, -0.25) is 0 Å². The fourth-order valence-corrected chi connectivity index (χ4v) is 19.8. The number of benzene rings is 2. The van der Waals surface area contributed by atoms with Gasteiger partial charge >= 0.3 is 0 Å². The smallest absolute Gasteiger partial charge is 0.169 e. The summed E-state index contributed by atoms with van der Waals surface area (Å²) in [5.41, 5.74) is 10.5. The van der Waals surface area contributed by atoms with E-state index in [0.29, 0.717) is 0 Å². The Morgan fingerprint density at radius 3 is 0.462 bits per heavy atom. The van der Waals surface area contributed by atoms with Crippen molar-refractivity contribution >= 4 is 35.7 Å². The van der Waals surface area contributed by atoms with Crippen molar-refractivity contribution in [1.82, 2.24) is 0 Å². The Kier molecular flexibility index (Phi) is 72.7. The van der Waals surface area contributed by atoms with Gasteiger partial charge in [0.15, 0.2) is 49.6 Å².